The summed E-state index contributed by atoms with van der Waals surface area (Å²) in [4.78, 5) is 2.30. The van der Waals surface area contributed by atoms with Crippen LogP contribution in [0.2, 0.25) is 0 Å². The lowest BCUT2D eigenvalue weighted by Gasteiger charge is -2.22. The van der Waals surface area contributed by atoms with E-state index in [1.54, 1.807) is 24.9 Å². The lowest BCUT2D eigenvalue weighted by molar-refractivity contribution is 0.263. The van der Waals surface area contributed by atoms with Crippen molar-refractivity contribution in [3.05, 3.63) is 162 Å². The molecule has 348 valence electrons. The number of nitrogens with zero attached hydrogens (tertiary/aromatic N) is 7. The maximum Gasteiger partial charge on any atom is 0.130 e. The molecule has 0 saturated carbocycles. The first kappa shape index (κ1) is 45.2. The summed E-state index contributed by atoms with van der Waals surface area (Å²) in [5.74, 6) is 1.60. The fraction of sp³-hybridized carbons (Fsp3) is 0.241. The van der Waals surface area contributed by atoms with Crippen molar-refractivity contribution < 1.29 is 18.9 Å². The van der Waals surface area contributed by atoms with Gasteiger partial charge in [-0.05, 0) is 104 Å². The molecule has 0 aliphatic carbocycles. The highest BCUT2D eigenvalue weighted by molar-refractivity contribution is 6.11. The number of para-hydroxylation sites is 2. The average Bonchev–Trinajstić information content (AvgIpc) is 4.35. The van der Waals surface area contributed by atoms with Gasteiger partial charge in [0.2, 0.25) is 0 Å². The third kappa shape index (κ3) is 10.0. The Morgan fingerprint density at radius 2 is 1.01 bits per heavy atom. The number of aryl methyl sites for hydroxylation is 2. The molecule has 11 rings (SSSR count). The second-order valence-electron chi connectivity index (χ2n) is 17.2. The summed E-state index contributed by atoms with van der Waals surface area (Å²) < 4.78 is 27.4. The van der Waals surface area contributed by atoms with E-state index in [1.165, 1.54) is 43.6 Å². The van der Waals surface area contributed by atoms with Gasteiger partial charge in [0.15, 0.2) is 0 Å². The van der Waals surface area contributed by atoms with Crippen molar-refractivity contribution in [3.63, 3.8) is 0 Å². The van der Waals surface area contributed by atoms with Crippen molar-refractivity contribution in [2.45, 2.75) is 53.0 Å². The normalized spacial score (nSPS) is 15.7. The highest BCUT2D eigenvalue weighted by atomic mass is 16.6. The number of benzene rings is 7. The first-order chi connectivity index (χ1) is 34.0. The van der Waals surface area contributed by atoms with Gasteiger partial charge in [-0.1, -0.05) is 78.9 Å². The largest absolute Gasteiger partial charge is 0.490 e. The summed E-state index contributed by atoms with van der Waals surface area (Å²) in [6.45, 7) is 15.1. The number of fused-ring (bicyclic) bond motifs is 7. The van der Waals surface area contributed by atoms with Crippen LogP contribution in [0.3, 0.4) is 0 Å². The van der Waals surface area contributed by atoms with Crippen molar-refractivity contribution in [1.29, 1.82) is 0 Å². The second-order valence-corrected chi connectivity index (χ2v) is 17.2. The van der Waals surface area contributed by atoms with Crippen LogP contribution in [-0.2, 0) is 22.6 Å². The molecule has 2 aliphatic heterocycles. The molecule has 11 nitrogen and oxygen atoms in total. The van der Waals surface area contributed by atoms with Crippen molar-refractivity contribution in [3.8, 4) is 11.5 Å². The minimum absolute atomic E-state index is 0.197. The van der Waals surface area contributed by atoms with Crippen LogP contribution in [0.4, 0.5) is 5.69 Å². The summed E-state index contributed by atoms with van der Waals surface area (Å²) in [7, 11) is 0. The number of rotatable bonds is 17. The molecular weight excluding hydrogens is 859 g/mol. The monoisotopic (exact) mass is 915 g/mol. The molecule has 4 heterocycles. The summed E-state index contributed by atoms with van der Waals surface area (Å²) in [6, 6.07) is 48.5. The lowest BCUT2D eigenvalue weighted by Crippen LogP contribution is -2.21. The Balaban J connectivity index is 0.000000160. The fourth-order valence-electron chi connectivity index (χ4n) is 9.14. The van der Waals surface area contributed by atoms with Crippen LogP contribution >= 0.6 is 0 Å². The average molecular weight is 916 g/mol. The van der Waals surface area contributed by atoms with Crippen molar-refractivity contribution in [2.75, 3.05) is 44.4 Å². The Kier molecular flexibility index (Phi) is 13.6. The molecular formula is C58H57N7O4. The molecule has 0 bridgehead atoms. The first-order valence-corrected chi connectivity index (χ1v) is 24.1. The molecule has 0 amide bonds. The smallest absolute Gasteiger partial charge is 0.130 e. The van der Waals surface area contributed by atoms with E-state index in [9.17, 15) is 0 Å². The third-order valence-electron chi connectivity index (χ3n) is 12.9. The summed E-state index contributed by atoms with van der Waals surface area (Å²) >= 11 is 0. The van der Waals surface area contributed by atoms with Gasteiger partial charge in [0.1, 0.15) is 36.9 Å². The molecule has 9 aromatic rings. The van der Waals surface area contributed by atoms with Crippen LogP contribution in [0.1, 0.15) is 49.9 Å². The number of epoxide rings is 2. The van der Waals surface area contributed by atoms with Gasteiger partial charge in [-0.3, -0.25) is 0 Å². The van der Waals surface area contributed by atoms with Gasteiger partial charge in [0.25, 0.3) is 0 Å². The molecule has 2 aliphatic rings. The van der Waals surface area contributed by atoms with Crippen molar-refractivity contribution >= 4 is 84.9 Å². The van der Waals surface area contributed by atoms with Crippen LogP contribution in [0, 0.1) is 0 Å². The molecule has 2 atom stereocenters. The van der Waals surface area contributed by atoms with Gasteiger partial charge in [-0.25, -0.2) is 0 Å². The maximum absolute atomic E-state index is 6.06. The second kappa shape index (κ2) is 20.7. The minimum atomic E-state index is 0.197. The zero-order valence-corrected chi connectivity index (χ0v) is 39.7. The van der Waals surface area contributed by atoms with Gasteiger partial charge in [-0.2, -0.15) is 20.4 Å². The van der Waals surface area contributed by atoms with Crippen molar-refractivity contribution in [1.82, 2.24) is 9.13 Å². The van der Waals surface area contributed by atoms with Crippen LogP contribution in [0.15, 0.2) is 160 Å². The van der Waals surface area contributed by atoms with Gasteiger partial charge in [0.05, 0.1) is 38.1 Å². The van der Waals surface area contributed by atoms with E-state index in [1.807, 2.05) is 24.3 Å². The summed E-state index contributed by atoms with van der Waals surface area (Å²) in [6.07, 6.45) is 7.54. The highest BCUT2D eigenvalue weighted by Crippen LogP contribution is 2.32. The van der Waals surface area contributed by atoms with E-state index in [2.05, 4.69) is 177 Å². The molecule has 2 unspecified atom stereocenters. The van der Waals surface area contributed by atoms with Crippen molar-refractivity contribution in [2.24, 2.45) is 20.4 Å². The van der Waals surface area contributed by atoms with Gasteiger partial charge in [0, 0.05) is 92.7 Å². The third-order valence-corrected chi connectivity index (χ3v) is 12.9. The Bertz CT molecular complexity index is 3390. The molecule has 2 fully saturated rings. The van der Waals surface area contributed by atoms with Crippen LogP contribution in [0.5, 0.6) is 11.5 Å². The summed E-state index contributed by atoms with van der Waals surface area (Å²) in [5, 5.41) is 24.6. The summed E-state index contributed by atoms with van der Waals surface area (Å²) in [5.41, 5.74) is 10.0. The number of aromatic nitrogens is 2. The number of anilines is 1. The maximum atomic E-state index is 6.06. The predicted molar refractivity (Wildman–Crippen MR) is 285 cm³/mol. The van der Waals surface area contributed by atoms with Gasteiger partial charge < -0.3 is 33.0 Å². The molecule has 2 saturated heterocycles. The minimum Gasteiger partial charge on any atom is -0.490 e. The lowest BCUT2D eigenvalue weighted by atomic mass is 10.0. The van der Waals surface area contributed by atoms with Crippen LogP contribution < -0.4 is 14.4 Å². The van der Waals surface area contributed by atoms with Crippen LogP contribution in [-0.4, -0.2) is 85.7 Å². The SMILES string of the molecule is CCN(CC)c1ccc(/C=N/N=C/c2ccc3c(c2)c2ccccc2n3CC)c(OCC2CO2)c1.CCn1c2ccccc2c2cc(/C=N/N=C/c3c(OCC4CO4)ccc4ccccc34)ccc21. The topological polar surface area (TPSA) is 106 Å². The molecule has 11 heteroatoms. The van der Waals surface area contributed by atoms with E-state index in [4.69, 9.17) is 18.9 Å². The Morgan fingerprint density at radius 3 is 1.58 bits per heavy atom. The van der Waals surface area contributed by atoms with E-state index in [0.29, 0.717) is 13.2 Å². The van der Waals surface area contributed by atoms with E-state index >= 15 is 0 Å². The van der Waals surface area contributed by atoms with E-state index in [-0.39, 0.29) is 12.2 Å². The van der Waals surface area contributed by atoms with Crippen LogP contribution in [0.25, 0.3) is 54.4 Å². The molecule has 2 aromatic heterocycles. The zero-order valence-electron chi connectivity index (χ0n) is 39.7. The fourth-order valence-corrected chi connectivity index (χ4v) is 9.14. The Labute approximate surface area is 402 Å². The first-order valence-electron chi connectivity index (χ1n) is 24.1. The highest BCUT2D eigenvalue weighted by Gasteiger charge is 2.25. The molecule has 69 heavy (non-hydrogen) atoms. The van der Waals surface area contributed by atoms with Gasteiger partial charge in [-0.15, -0.1) is 0 Å². The quantitative estimate of drug-likeness (QED) is 0.0514. The number of hydrogen-bond acceptors (Lipinski definition) is 9. The number of hydrogen-bond donors (Lipinski definition) is 0. The standard InChI is InChI=1S/C29H32N4O2.C29H25N3O2/c1-4-32(5-2)23-13-12-22(29(16-23)35-20-24-19-34-24)18-31-30-17-21-11-14-28-26(15-21)25-9-7-8-10-27(25)33(28)6-3;1-2-32-27-10-6-5-9-24(27)25-15-20(11-13-28(25)32)16-30-31-17-26-23-8-4-3-7-21(23)12-14-29(26)34-19-22-18-33-22/h7-18,24H,4-6,19-20H2,1-3H3;3-17,22H,2,18-19H2,1H3/b30-17+,31-18+;30-16+,31-17+. The number of ether oxygens (including phenoxy) is 4. The van der Waals surface area contributed by atoms with E-state index < -0.39 is 0 Å². The molecule has 0 spiro atoms. The molecule has 0 radical (unpaired) electrons. The Hall–Kier alpha value is -7.60. The molecule has 7 aromatic carbocycles. The molecule has 0 N–H and O–H groups in total. The Morgan fingerprint density at radius 1 is 0.507 bits per heavy atom. The van der Waals surface area contributed by atoms with E-state index in [0.717, 1.165) is 89.6 Å². The zero-order chi connectivity index (χ0) is 47.1. The predicted octanol–water partition coefficient (Wildman–Crippen LogP) is 12.1. The van der Waals surface area contributed by atoms with Gasteiger partial charge >= 0.3 is 0 Å².